The van der Waals surface area contributed by atoms with Crippen LogP contribution in [0.1, 0.15) is 28.3 Å². The van der Waals surface area contributed by atoms with Gasteiger partial charge in [0.25, 0.3) is 0 Å². The van der Waals surface area contributed by atoms with Crippen LogP contribution in [-0.4, -0.2) is 38.0 Å². The number of hydrogen-bond donors (Lipinski definition) is 1. The molecule has 0 radical (unpaired) electrons. The number of nitrogens with zero attached hydrogens (tertiary/aromatic N) is 1. The highest BCUT2D eigenvalue weighted by molar-refractivity contribution is 5.89. The molecule has 4 aromatic rings. The van der Waals surface area contributed by atoms with Gasteiger partial charge < -0.3 is 24.4 Å². The number of para-hydroxylation sites is 1. The van der Waals surface area contributed by atoms with E-state index in [4.69, 9.17) is 14.2 Å². The molecule has 1 atom stereocenters. The van der Waals surface area contributed by atoms with Crippen LogP contribution in [0.4, 0.5) is 4.39 Å². The lowest BCUT2D eigenvalue weighted by atomic mass is 10.0. The number of hydrogen-bond acceptors (Lipinski definition) is 5. The van der Waals surface area contributed by atoms with E-state index in [0.717, 1.165) is 5.56 Å². The van der Waals surface area contributed by atoms with Gasteiger partial charge in [0.15, 0.2) is 11.5 Å². The van der Waals surface area contributed by atoms with E-state index in [1.165, 1.54) is 24.1 Å². The molecule has 0 heterocycles. The molecule has 4 aromatic carbocycles. The molecule has 8 heteroatoms. The fourth-order valence-corrected chi connectivity index (χ4v) is 4.61. The zero-order chi connectivity index (χ0) is 29.2. The molecule has 0 aliphatic rings. The predicted molar refractivity (Wildman–Crippen MR) is 154 cm³/mol. The van der Waals surface area contributed by atoms with Gasteiger partial charge in [0.2, 0.25) is 11.8 Å². The van der Waals surface area contributed by atoms with E-state index in [1.807, 2.05) is 54.6 Å². The Labute approximate surface area is 239 Å². The standard InChI is InChI=1S/C33H33FN2O5/c1-39-28-12-8-7-11-26(28)21-35-33(38)32(25-9-5-4-6-10-25)36(22-23-13-16-27(34)17-14-23)31(37)20-24-15-18-29(40-2)30(19-24)41-3/h4-19,32H,20-22H2,1-3H3,(H,35,38). The van der Waals surface area contributed by atoms with Crippen molar-refractivity contribution in [2.24, 2.45) is 0 Å². The Bertz CT molecular complexity index is 1460. The van der Waals surface area contributed by atoms with Crippen LogP contribution in [0.2, 0.25) is 0 Å². The molecule has 0 fully saturated rings. The number of methoxy groups -OCH3 is 3. The van der Waals surface area contributed by atoms with E-state index in [0.29, 0.717) is 33.9 Å². The molecule has 0 aromatic heterocycles. The molecule has 0 aliphatic carbocycles. The molecule has 4 rings (SSSR count). The van der Waals surface area contributed by atoms with Crippen LogP contribution in [0, 0.1) is 5.82 Å². The van der Waals surface area contributed by atoms with Crippen LogP contribution in [0.5, 0.6) is 17.2 Å². The number of nitrogens with one attached hydrogen (secondary N) is 1. The van der Waals surface area contributed by atoms with Gasteiger partial charge in [0.05, 0.1) is 27.8 Å². The van der Waals surface area contributed by atoms with Crippen molar-refractivity contribution in [3.63, 3.8) is 0 Å². The van der Waals surface area contributed by atoms with Crippen molar-refractivity contribution in [2.45, 2.75) is 25.6 Å². The smallest absolute Gasteiger partial charge is 0.247 e. The van der Waals surface area contributed by atoms with Crippen LogP contribution in [0.25, 0.3) is 0 Å². The van der Waals surface area contributed by atoms with Crippen LogP contribution < -0.4 is 19.5 Å². The average Bonchev–Trinajstić information content (AvgIpc) is 3.01. The van der Waals surface area contributed by atoms with Crippen LogP contribution in [-0.2, 0) is 29.1 Å². The molecule has 212 valence electrons. The maximum atomic E-state index is 14.0. The van der Waals surface area contributed by atoms with E-state index in [-0.39, 0.29) is 37.1 Å². The van der Waals surface area contributed by atoms with E-state index in [2.05, 4.69) is 5.32 Å². The lowest BCUT2D eigenvalue weighted by molar-refractivity contribution is -0.141. The molecule has 0 bridgehead atoms. The molecule has 1 unspecified atom stereocenters. The summed E-state index contributed by atoms with van der Waals surface area (Å²) in [7, 11) is 4.65. The maximum absolute atomic E-state index is 14.0. The van der Waals surface area contributed by atoms with Gasteiger partial charge in [0.1, 0.15) is 17.6 Å². The summed E-state index contributed by atoms with van der Waals surface area (Å²) in [4.78, 5) is 29.4. The molecular formula is C33H33FN2O5. The first-order valence-electron chi connectivity index (χ1n) is 13.1. The monoisotopic (exact) mass is 556 g/mol. The molecule has 1 N–H and O–H groups in total. The molecule has 41 heavy (non-hydrogen) atoms. The second-order valence-corrected chi connectivity index (χ2v) is 9.36. The van der Waals surface area contributed by atoms with Gasteiger partial charge in [-0.25, -0.2) is 4.39 Å². The maximum Gasteiger partial charge on any atom is 0.247 e. The van der Waals surface area contributed by atoms with Crippen molar-refractivity contribution in [1.82, 2.24) is 10.2 Å². The van der Waals surface area contributed by atoms with Crippen molar-refractivity contribution in [3.05, 3.63) is 125 Å². The largest absolute Gasteiger partial charge is 0.496 e. The molecule has 2 amide bonds. The minimum Gasteiger partial charge on any atom is -0.496 e. The summed E-state index contributed by atoms with van der Waals surface area (Å²) in [6, 6.07) is 26.8. The van der Waals surface area contributed by atoms with Gasteiger partial charge in [-0.15, -0.1) is 0 Å². The van der Waals surface area contributed by atoms with Crippen LogP contribution in [0.15, 0.2) is 97.1 Å². The summed E-state index contributed by atoms with van der Waals surface area (Å²) in [6.07, 6.45) is 0.00463. The Morgan fingerprint density at radius 2 is 1.39 bits per heavy atom. The second kappa shape index (κ2) is 14.0. The number of rotatable bonds is 12. The third-order valence-corrected chi connectivity index (χ3v) is 6.71. The van der Waals surface area contributed by atoms with Gasteiger partial charge in [-0.05, 0) is 47.0 Å². The Balaban J connectivity index is 1.69. The van der Waals surface area contributed by atoms with E-state index in [9.17, 15) is 14.0 Å². The topological polar surface area (TPSA) is 77.1 Å². The normalized spacial score (nSPS) is 11.3. The molecule has 0 saturated heterocycles. The number of carbonyl (C=O) groups excluding carboxylic acids is 2. The molecule has 0 spiro atoms. The van der Waals surface area contributed by atoms with Crippen LogP contribution in [0.3, 0.4) is 0 Å². The molecular weight excluding hydrogens is 523 g/mol. The van der Waals surface area contributed by atoms with Gasteiger partial charge in [-0.2, -0.15) is 0 Å². The number of carbonyl (C=O) groups is 2. The number of ether oxygens (including phenoxy) is 3. The van der Waals surface area contributed by atoms with E-state index < -0.39 is 6.04 Å². The summed E-state index contributed by atoms with van der Waals surface area (Å²) < 4.78 is 29.9. The molecule has 0 saturated carbocycles. The van der Waals surface area contributed by atoms with Crippen LogP contribution >= 0.6 is 0 Å². The first-order valence-corrected chi connectivity index (χ1v) is 13.1. The zero-order valence-corrected chi connectivity index (χ0v) is 23.3. The first kappa shape index (κ1) is 29.1. The predicted octanol–water partition coefficient (Wildman–Crippen LogP) is 5.48. The summed E-state index contributed by atoms with van der Waals surface area (Å²) in [5.41, 5.74) is 2.83. The highest BCUT2D eigenvalue weighted by atomic mass is 19.1. The van der Waals surface area contributed by atoms with Crippen molar-refractivity contribution in [1.29, 1.82) is 0 Å². The Kier molecular flexibility index (Phi) is 9.94. The van der Waals surface area contributed by atoms with Gasteiger partial charge in [-0.1, -0.05) is 66.7 Å². The SMILES string of the molecule is COc1ccccc1CNC(=O)C(c1ccccc1)N(Cc1ccc(F)cc1)C(=O)Cc1ccc(OC)c(OC)c1. The average molecular weight is 557 g/mol. The summed E-state index contributed by atoms with van der Waals surface area (Å²) in [5.74, 6) is 0.664. The van der Waals surface area contributed by atoms with E-state index in [1.54, 1.807) is 44.6 Å². The highest BCUT2D eigenvalue weighted by Gasteiger charge is 2.32. The van der Waals surface area contributed by atoms with Gasteiger partial charge in [-0.3, -0.25) is 9.59 Å². The van der Waals surface area contributed by atoms with Crippen molar-refractivity contribution in [2.75, 3.05) is 21.3 Å². The number of benzene rings is 4. The molecule has 7 nitrogen and oxygen atoms in total. The Morgan fingerprint density at radius 3 is 2.07 bits per heavy atom. The third kappa shape index (κ3) is 7.42. The summed E-state index contributed by atoms with van der Waals surface area (Å²) >= 11 is 0. The van der Waals surface area contributed by atoms with Crippen molar-refractivity contribution < 1.29 is 28.2 Å². The zero-order valence-electron chi connectivity index (χ0n) is 23.3. The van der Waals surface area contributed by atoms with Gasteiger partial charge in [0, 0.05) is 18.7 Å². The lowest BCUT2D eigenvalue weighted by Crippen LogP contribution is -2.43. The Morgan fingerprint density at radius 1 is 0.756 bits per heavy atom. The molecule has 0 aliphatic heterocycles. The quantitative estimate of drug-likeness (QED) is 0.250. The van der Waals surface area contributed by atoms with Crippen molar-refractivity contribution >= 4 is 11.8 Å². The number of amides is 2. The lowest BCUT2D eigenvalue weighted by Gasteiger charge is -2.32. The minimum atomic E-state index is -0.955. The van der Waals surface area contributed by atoms with Crippen molar-refractivity contribution in [3.8, 4) is 17.2 Å². The highest BCUT2D eigenvalue weighted by Crippen LogP contribution is 2.30. The Hall–Kier alpha value is -4.85. The summed E-state index contributed by atoms with van der Waals surface area (Å²) in [6.45, 7) is 0.300. The van der Waals surface area contributed by atoms with Gasteiger partial charge >= 0.3 is 0 Å². The fourth-order valence-electron chi connectivity index (χ4n) is 4.61. The summed E-state index contributed by atoms with van der Waals surface area (Å²) in [5, 5.41) is 2.99. The minimum absolute atomic E-state index is 0.00463. The fraction of sp³-hybridized carbons (Fsp3) is 0.212. The third-order valence-electron chi connectivity index (χ3n) is 6.71. The first-order chi connectivity index (χ1) is 19.9. The number of halogens is 1. The second-order valence-electron chi connectivity index (χ2n) is 9.36. The van der Waals surface area contributed by atoms with E-state index >= 15 is 0 Å².